The van der Waals surface area contributed by atoms with Crippen LogP contribution in [0.5, 0.6) is 5.88 Å². The minimum atomic E-state index is 0.725. The van der Waals surface area contributed by atoms with Gasteiger partial charge in [-0.3, -0.25) is 4.57 Å². The van der Waals surface area contributed by atoms with Crippen molar-refractivity contribution < 1.29 is 4.74 Å². The zero-order valence-corrected chi connectivity index (χ0v) is 6.99. The molecule has 0 radical (unpaired) electrons. The Hall–Kier alpha value is -1.03. The lowest BCUT2D eigenvalue weighted by molar-refractivity contribution is 0.355. The number of nitrogens with two attached hydrogens (primary N) is 1. The molecular formula is C8H13N3O. The number of aryl methyl sites for hydroxylation is 1. The highest BCUT2D eigenvalue weighted by Gasteiger charge is 2.15. The van der Waals surface area contributed by atoms with E-state index in [9.17, 15) is 0 Å². The van der Waals surface area contributed by atoms with Crippen molar-refractivity contribution in [2.45, 2.75) is 19.4 Å². The van der Waals surface area contributed by atoms with Crippen molar-refractivity contribution in [2.75, 3.05) is 13.2 Å². The van der Waals surface area contributed by atoms with Crippen LogP contribution in [0.3, 0.4) is 0 Å². The standard InChI is InChI=1S/C8H13N3O/c9-3-1-2-7-10-6-8-11(7)4-5-12-8/h6H,1-5,9H2. The van der Waals surface area contributed by atoms with Gasteiger partial charge in [-0.2, -0.15) is 0 Å². The van der Waals surface area contributed by atoms with Crippen LogP contribution in [0, 0.1) is 0 Å². The van der Waals surface area contributed by atoms with E-state index in [1.807, 2.05) is 0 Å². The van der Waals surface area contributed by atoms with Gasteiger partial charge in [0, 0.05) is 6.42 Å². The largest absolute Gasteiger partial charge is 0.476 e. The molecule has 2 rings (SSSR count). The summed E-state index contributed by atoms with van der Waals surface area (Å²) < 4.78 is 7.45. The Balaban J connectivity index is 2.11. The van der Waals surface area contributed by atoms with Crippen molar-refractivity contribution in [3.8, 4) is 5.88 Å². The zero-order chi connectivity index (χ0) is 8.39. The van der Waals surface area contributed by atoms with E-state index in [1.54, 1.807) is 6.20 Å². The smallest absolute Gasteiger partial charge is 0.214 e. The first-order valence-electron chi connectivity index (χ1n) is 4.29. The van der Waals surface area contributed by atoms with Gasteiger partial charge in [-0.15, -0.1) is 0 Å². The molecule has 2 N–H and O–H groups in total. The van der Waals surface area contributed by atoms with Crippen molar-refractivity contribution in [3.63, 3.8) is 0 Å². The lowest BCUT2D eigenvalue weighted by Gasteiger charge is -1.99. The molecule has 1 aliphatic rings. The highest BCUT2D eigenvalue weighted by molar-refractivity contribution is 5.14. The van der Waals surface area contributed by atoms with E-state index in [2.05, 4.69) is 9.55 Å². The summed E-state index contributed by atoms with van der Waals surface area (Å²) in [4.78, 5) is 4.26. The van der Waals surface area contributed by atoms with Gasteiger partial charge in [0.2, 0.25) is 5.88 Å². The summed E-state index contributed by atoms with van der Waals surface area (Å²) >= 11 is 0. The van der Waals surface area contributed by atoms with E-state index < -0.39 is 0 Å². The summed E-state index contributed by atoms with van der Waals surface area (Å²) in [5.41, 5.74) is 5.42. The minimum Gasteiger partial charge on any atom is -0.476 e. The number of rotatable bonds is 3. The third-order valence-electron chi connectivity index (χ3n) is 2.07. The molecule has 4 nitrogen and oxygen atoms in total. The van der Waals surface area contributed by atoms with Crippen molar-refractivity contribution in [1.29, 1.82) is 0 Å². The van der Waals surface area contributed by atoms with Gasteiger partial charge in [-0.25, -0.2) is 4.98 Å². The monoisotopic (exact) mass is 167 g/mol. The SMILES string of the molecule is NCCCc1ncc2n1CCO2. The first-order valence-corrected chi connectivity index (χ1v) is 4.29. The predicted molar refractivity (Wildman–Crippen MR) is 45.1 cm³/mol. The number of aromatic nitrogens is 2. The van der Waals surface area contributed by atoms with Crippen LogP contribution in [0.4, 0.5) is 0 Å². The molecule has 0 aliphatic carbocycles. The molecule has 4 heteroatoms. The molecule has 0 fully saturated rings. The van der Waals surface area contributed by atoms with Crippen LogP contribution in [0.1, 0.15) is 12.2 Å². The van der Waals surface area contributed by atoms with E-state index >= 15 is 0 Å². The van der Waals surface area contributed by atoms with Crippen LogP contribution in [-0.2, 0) is 13.0 Å². The lowest BCUT2D eigenvalue weighted by Crippen LogP contribution is -2.05. The minimum absolute atomic E-state index is 0.725. The molecule has 0 aromatic carbocycles. The fourth-order valence-corrected chi connectivity index (χ4v) is 1.45. The van der Waals surface area contributed by atoms with Crippen LogP contribution in [0.25, 0.3) is 0 Å². The Kier molecular flexibility index (Phi) is 1.99. The van der Waals surface area contributed by atoms with Crippen LogP contribution in [-0.4, -0.2) is 22.7 Å². The topological polar surface area (TPSA) is 53.1 Å². The summed E-state index contributed by atoms with van der Waals surface area (Å²) in [6.45, 7) is 2.45. The van der Waals surface area contributed by atoms with E-state index in [0.29, 0.717) is 0 Å². The molecule has 0 saturated heterocycles. The fourth-order valence-electron chi connectivity index (χ4n) is 1.45. The van der Waals surface area contributed by atoms with Crippen molar-refractivity contribution in [2.24, 2.45) is 5.73 Å². The molecular weight excluding hydrogens is 154 g/mol. The normalized spacial score (nSPS) is 14.4. The molecule has 66 valence electrons. The van der Waals surface area contributed by atoms with E-state index in [-0.39, 0.29) is 0 Å². The third kappa shape index (κ3) is 1.18. The van der Waals surface area contributed by atoms with Gasteiger partial charge >= 0.3 is 0 Å². The van der Waals surface area contributed by atoms with Crippen molar-refractivity contribution in [3.05, 3.63) is 12.0 Å². The molecule has 1 aliphatic heterocycles. The Morgan fingerprint density at radius 3 is 3.42 bits per heavy atom. The molecule has 0 spiro atoms. The number of hydrogen-bond acceptors (Lipinski definition) is 3. The first-order chi connectivity index (χ1) is 5.92. The molecule has 0 bridgehead atoms. The summed E-state index contributed by atoms with van der Waals surface area (Å²) in [6, 6.07) is 0. The first kappa shape index (κ1) is 7.61. The van der Waals surface area contributed by atoms with Crippen LogP contribution in [0.2, 0.25) is 0 Å². The molecule has 1 aromatic rings. The van der Waals surface area contributed by atoms with Crippen molar-refractivity contribution >= 4 is 0 Å². The molecule has 0 amide bonds. The van der Waals surface area contributed by atoms with Gasteiger partial charge in [-0.1, -0.05) is 0 Å². The Labute approximate surface area is 71.3 Å². The van der Waals surface area contributed by atoms with Gasteiger partial charge in [0.1, 0.15) is 12.4 Å². The average molecular weight is 167 g/mol. The number of hydrogen-bond donors (Lipinski definition) is 1. The van der Waals surface area contributed by atoms with Crippen LogP contribution in [0.15, 0.2) is 6.20 Å². The van der Waals surface area contributed by atoms with Crippen molar-refractivity contribution in [1.82, 2.24) is 9.55 Å². The summed E-state index contributed by atoms with van der Waals surface area (Å²) in [5.74, 6) is 2.01. The molecule has 2 heterocycles. The highest BCUT2D eigenvalue weighted by Crippen LogP contribution is 2.19. The number of ether oxygens (including phenoxy) is 1. The Bertz CT molecular complexity index is 269. The maximum absolute atomic E-state index is 5.42. The fraction of sp³-hybridized carbons (Fsp3) is 0.625. The Morgan fingerprint density at radius 2 is 2.58 bits per heavy atom. The Morgan fingerprint density at radius 1 is 1.67 bits per heavy atom. The van der Waals surface area contributed by atoms with Gasteiger partial charge < -0.3 is 10.5 Å². The molecule has 1 aromatic heterocycles. The van der Waals surface area contributed by atoms with E-state index in [4.69, 9.17) is 10.5 Å². The van der Waals surface area contributed by atoms with Gasteiger partial charge in [0.15, 0.2) is 0 Å². The second kappa shape index (κ2) is 3.15. The second-order valence-electron chi connectivity index (χ2n) is 2.90. The maximum atomic E-state index is 5.42. The average Bonchev–Trinajstić information content (AvgIpc) is 2.62. The van der Waals surface area contributed by atoms with Crippen LogP contribution < -0.4 is 10.5 Å². The second-order valence-corrected chi connectivity index (χ2v) is 2.90. The molecule has 0 unspecified atom stereocenters. The van der Waals surface area contributed by atoms with E-state index in [1.165, 1.54) is 0 Å². The maximum Gasteiger partial charge on any atom is 0.214 e. The molecule has 0 saturated carbocycles. The number of fused-ring (bicyclic) bond motifs is 1. The lowest BCUT2D eigenvalue weighted by atomic mass is 10.3. The number of nitrogens with zero attached hydrogens (tertiary/aromatic N) is 2. The van der Waals surface area contributed by atoms with Gasteiger partial charge in [0.25, 0.3) is 0 Å². The van der Waals surface area contributed by atoms with Crippen LogP contribution >= 0.6 is 0 Å². The molecule has 12 heavy (non-hydrogen) atoms. The number of imidazole rings is 1. The highest BCUT2D eigenvalue weighted by atomic mass is 16.5. The quantitative estimate of drug-likeness (QED) is 0.698. The molecule has 0 atom stereocenters. The summed E-state index contributed by atoms with van der Waals surface area (Å²) in [7, 11) is 0. The predicted octanol–water partition coefficient (Wildman–Crippen LogP) is 0.167. The zero-order valence-electron chi connectivity index (χ0n) is 6.99. The third-order valence-corrected chi connectivity index (χ3v) is 2.07. The van der Waals surface area contributed by atoms with E-state index in [0.717, 1.165) is 44.2 Å². The summed E-state index contributed by atoms with van der Waals surface area (Å²) in [5, 5.41) is 0. The van der Waals surface area contributed by atoms with Gasteiger partial charge in [-0.05, 0) is 13.0 Å². The van der Waals surface area contributed by atoms with Gasteiger partial charge in [0.05, 0.1) is 12.7 Å². The summed E-state index contributed by atoms with van der Waals surface area (Å²) in [6.07, 6.45) is 3.75.